The van der Waals surface area contributed by atoms with E-state index in [1.807, 2.05) is 18.2 Å². The molecule has 0 aliphatic carbocycles. The molecule has 2 N–H and O–H groups in total. The van der Waals surface area contributed by atoms with E-state index in [-0.39, 0.29) is 11.3 Å². The number of aromatic carboxylic acids is 1. The number of carboxylic acids is 1. The summed E-state index contributed by atoms with van der Waals surface area (Å²) < 4.78 is 13.8. The number of amides is 2. The summed E-state index contributed by atoms with van der Waals surface area (Å²) in [5.74, 6) is -1.83. The van der Waals surface area contributed by atoms with Crippen molar-refractivity contribution >= 4 is 17.7 Å². The zero-order valence-electron chi connectivity index (χ0n) is 14.2. The van der Waals surface area contributed by atoms with Crippen molar-refractivity contribution in [2.45, 2.75) is 6.54 Å². The summed E-state index contributed by atoms with van der Waals surface area (Å²) in [6.07, 6.45) is 0. The monoisotopic (exact) mass is 357 g/mol. The number of hydrogen-bond acceptors (Lipinski definition) is 3. The molecule has 0 atom stereocenters. The summed E-state index contributed by atoms with van der Waals surface area (Å²) >= 11 is 0. The van der Waals surface area contributed by atoms with Crippen molar-refractivity contribution in [3.63, 3.8) is 0 Å². The van der Waals surface area contributed by atoms with E-state index in [4.69, 9.17) is 5.11 Å². The molecule has 1 fully saturated rings. The Morgan fingerprint density at radius 1 is 1.04 bits per heavy atom. The zero-order chi connectivity index (χ0) is 18.5. The van der Waals surface area contributed by atoms with Crippen LogP contribution in [0.5, 0.6) is 0 Å². The van der Waals surface area contributed by atoms with Crippen molar-refractivity contribution in [2.75, 3.05) is 31.5 Å². The van der Waals surface area contributed by atoms with E-state index < -0.39 is 17.8 Å². The number of carbonyl (C=O) groups is 2. The van der Waals surface area contributed by atoms with Crippen LogP contribution in [0.2, 0.25) is 0 Å². The van der Waals surface area contributed by atoms with Crippen LogP contribution in [0.25, 0.3) is 0 Å². The Hall–Kier alpha value is -2.93. The molecule has 1 aliphatic rings. The lowest BCUT2D eigenvalue weighted by Gasteiger charge is -2.34. The van der Waals surface area contributed by atoms with Gasteiger partial charge in [0.05, 0.1) is 11.3 Å². The van der Waals surface area contributed by atoms with Gasteiger partial charge in [0.15, 0.2) is 0 Å². The Kier molecular flexibility index (Phi) is 5.48. The summed E-state index contributed by atoms with van der Waals surface area (Å²) in [6, 6.07) is 13.0. The van der Waals surface area contributed by atoms with Crippen LogP contribution < -0.4 is 5.32 Å². The van der Waals surface area contributed by atoms with Gasteiger partial charge in [0.1, 0.15) is 5.82 Å². The minimum atomic E-state index is -1.17. The lowest BCUT2D eigenvalue weighted by molar-refractivity contribution is 0.0697. The lowest BCUT2D eigenvalue weighted by atomic mass is 10.2. The van der Waals surface area contributed by atoms with Gasteiger partial charge in [-0.05, 0) is 23.8 Å². The third-order valence-electron chi connectivity index (χ3n) is 4.36. The molecular formula is C19H20FN3O3. The van der Waals surface area contributed by atoms with E-state index in [0.29, 0.717) is 13.1 Å². The second-order valence-corrected chi connectivity index (χ2v) is 6.18. The average Bonchev–Trinajstić information content (AvgIpc) is 2.64. The molecule has 2 amide bonds. The van der Waals surface area contributed by atoms with Crippen molar-refractivity contribution in [1.29, 1.82) is 0 Å². The number of nitrogens with one attached hydrogen (secondary N) is 1. The van der Waals surface area contributed by atoms with Crippen LogP contribution in [0.1, 0.15) is 15.9 Å². The van der Waals surface area contributed by atoms with Crippen LogP contribution in [0.4, 0.5) is 14.9 Å². The van der Waals surface area contributed by atoms with Crippen molar-refractivity contribution < 1.29 is 19.1 Å². The largest absolute Gasteiger partial charge is 0.478 e. The van der Waals surface area contributed by atoms with Gasteiger partial charge >= 0.3 is 12.0 Å². The molecule has 1 heterocycles. The fraction of sp³-hybridized carbons (Fsp3) is 0.263. The van der Waals surface area contributed by atoms with Crippen LogP contribution in [0.3, 0.4) is 0 Å². The van der Waals surface area contributed by atoms with Crippen LogP contribution in [-0.2, 0) is 6.54 Å². The van der Waals surface area contributed by atoms with E-state index in [1.54, 1.807) is 4.90 Å². The number of rotatable bonds is 4. The van der Waals surface area contributed by atoms with Crippen molar-refractivity contribution in [3.8, 4) is 0 Å². The standard InChI is InChI=1S/C19H20FN3O3/c20-16-7-6-15(18(24)25)12-17(16)21-19(26)23-10-8-22(9-11-23)13-14-4-2-1-3-5-14/h1-7,12H,8-11,13H2,(H,21,26)(H,24,25). The number of anilines is 1. The summed E-state index contributed by atoms with van der Waals surface area (Å²) in [4.78, 5) is 27.2. The highest BCUT2D eigenvalue weighted by atomic mass is 19.1. The van der Waals surface area contributed by atoms with Gasteiger partial charge in [-0.3, -0.25) is 4.90 Å². The molecule has 0 aromatic heterocycles. The first kappa shape index (κ1) is 17.9. The molecule has 136 valence electrons. The SMILES string of the molecule is O=C(O)c1ccc(F)c(NC(=O)N2CCN(Cc3ccccc3)CC2)c1. The molecule has 3 rings (SSSR count). The predicted molar refractivity (Wildman–Crippen MR) is 95.7 cm³/mol. The van der Waals surface area contributed by atoms with Gasteiger partial charge in [0.25, 0.3) is 0 Å². The molecule has 2 aromatic carbocycles. The minimum Gasteiger partial charge on any atom is -0.478 e. The number of carbonyl (C=O) groups excluding carboxylic acids is 1. The highest BCUT2D eigenvalue weighted by molar-refractivity contribution is 5.93. The van der Waals surface area contributed by atoms with Crippen LogP contribution >= 0.6 is 0 Å². The van der Waals surface area contributed by atoms with E-state index >= 15 is 0 Å². The molecule has 1 aliphatic heterocycles. The Morgan fingerprint density at radius 3 is 2.38 bits per heavy atom. The Bertz CT molecular complexity index is 790. The molecule has 0 spiro atoms. The van der Waals surface area contributed by atoms with Gasteiger partial charge in [0, 0.05) is 32.7 Å². The van der Waals surface area contributed by atoms with Crippen LogP contribution in [0, 0.1) is 5.82 Å². The second kappa shape index (κ2) is 7.97. The highest BCUT2D eigenvalue weighted by Crippen LogP contribution is 2.17. The number of halogens is 1. The van der Waals surface area contributed by atoms with Gasteiger partial charge in [-0.25, -0.2) is 14.0 Å². The van der Waals surface area contributed by atoms with E-state index in [9.17, 15) is 14.0 Å². The quantitative estimate of drug-likeness (QED) is 0.883. The van der Waals surface area contributed by atoms with Gasteiger partial charge < -0.3 is 15.3 Å². The van der Waals surface area contributed by atoms with Gasteiger partial charge in [-0.15, -0.1) is 0 Å². The fourth-order valence-corrected chi connectivity index (χ4v) is 2.90. The van der Waals surface area contributed by atoms with Gasteiger partial charge in [-0.2, -0.15) is 0 Å². The van der Waals surface area contributed by atoms with Crippen LogP contribution in [-0.4, -0.2) is 53.1 Å². The summed E-state index contributed by atoms with van der Waals surface area (Å²) in [6.45, 7) is 3.32. The number of carboxylic acid groups (broad SMARTS) is 1. The number of piperazine rings is 1. The third-order valence-corrected chi connectivity index (χ3v) is 4.36. The van der Waals surface area contributed by atoms with Gasteiger partial charge in [0.2, 0.25) is 0 Å². The molecule has 26 heavy (non-hydrogen) atoms. The zero-order valence-corrected chi connectivity index (χ0v) is 14.2. The molecular weight excluding hydrogens is 337 g/mol. The first-order valence-electron chi connectivity index (χ1n) is 8.38. The van der Waals surface area contributed by atoms with Crippen molar-refractivity contribution in [2.24, 2.45) is 0 Å². The Morgan fingerprint density at radius 2 is 1.73 bits per heavy atom. The first-order valence-corrected chi connectivity index (χ1v) is 8.38. The normalized spacial score (nSPS) is 14.9. The first-order chi connectivity index (χ1) is 12.5. The summed E-state index contributed by atoms with van der Waals surface area (Å²) in [5.41, 5.74) is 1.02. The maximum atomic E-state index is 13.8. The summed E-state index contributed by atoms with van der Waals surface area (Å²) in [7, 11) is 0. The fourth-order valence-electron chi connectivity index (χ4n) is 2.90. The molecule has 2 aromatic rings. The molecule has 6 nitrogen and oxygen atoms in total. The number of nitrogens with zero attached hydrogens (tertiary/aromatic N) is 2. The predicted octanol–water partition coefficient (Wildman–Crippen LogP) is 2.87. The Labute approximate surface area is 150 Å². The maximum Gasteiger partial charge on any atom is 0.335 e. The minimum absolute atomic E-state index is 0.0746. The number of urea groups is 1. The maximum absolute atomic E-state index is 13.8. The average molecular weight is 357 g/mol. The molecule has 1 saturated heterocycles. The number of benzene rings is 2. The third kappa shape index (κ3) is 4.37. The molecule has 7 heteroatoms. The molecule has 0 saturated carbocycles. The van der Waals surface area contributed by atoms with Gasteiger partial charge in [-0.1, -0.05) is 30.3 Å². The molecule has 0 bridgehead atoms. The van der Waals surface area contributed by atoms with Crippen molar-refractivity contribution in [3.05, 3.63) is 65.5 Å². The van der Waals surface area contributed by atoms with E-state index in [0.717, 1.165) is 37.8 Å². The van der Waals surface area contributed by atoms with E-state index in [2.05, 4.69) is 22.3 Å². The van der Waals surface area contributed by atoms with Crippen LogP contribution in [0.15, 0.2) is 48.5 Å². The number of hydrogen-bond donors (Lipinski definition) is 2. The van der Waals surface area contributed by atoms with E-state index in [1.165, 1.54) is 5.56 Å². The Balaban J connectivity index is 1.55. The lowest BCUT2D eigenvalue weighted by Crippen LogP contribution is -2.49. The summed E-state index contributed by atoms with van der Waals surface area (Å²) in [5, 5.41) is 11.5. The van der Waals surface area contributed by atoms with Crippen molar-refractivity contribution in [1.82, 2.24) is 9.80 Å². The second-order valence-electron chi connectivity index (χ2n) is 6.18. The molecule has 0 unspecified atom stereocenters. The topological polar surface area (TPSA) is 72.9 Å². The highest BCUT2D eigenvalue weighted by Gasteiger charge is 2.22. The molecule has 0 radical (unpaired) electrons. The smallest absolute Gasteiger partial charge is 0.335 e.